The van der Waals surface area contributed by atoms with Crippen LogP contribution in [-0.2, 0) is 10.0 Å². The first-order valence-corrected chi connectivity index (χ1v) is 10.9. The number of aryl methyl sites for hydroxylation is 2. The van der Waals surface area contributed by atoms with Crippen LogP contribution in [0.15, 0.2) is 77.8 Å². The summed E-state index contributed by atoms with van der Waals surface area (Å²) in [6, 6.07) is 19.5. The number of carbonyl (C=O) groups is 1. The molecule has 0 bridgehead atoms. The van der Waals surface area contributed by atoms with Gasteiger partial charge in [-0.1, -0.05) is 36.4 Å². The Labute approximate surface area is 175 Å². The monoisotopic (exact) mass is 419 g/mol. The highest BCUT2D eigenvalue weighted by molar-refractivity contribution is 7.92. The molecule has 4 aromatic rings. The van der Waals surface area contributed by atoms with Crippen LogP contribution < -0.4 is 10.0 Å². The Balaban J connectivity index is 1.62. The fourth-order valence-corrected chi connectivity index (χ4v) is 4.67. The zero-order valence-corrected chi connectivity index (χ0v) is 17.4. The van der Waals surface area contributed by atoms with Crippen molar-refractivity contribution in [3.05, 3.63) is 89.6 Å². The standard InChI is InChI=1S/C23H21N3O3S/c1-15-6-5-7-18(12-15)26-30(28,29)22-13-17(11-10-16(22)2)25-23(27)20-14-24-21-9-4-3-8-19(20)21/h3-14,24,26H,1-2H3,(H,25,27). The summed E-state index contributed by atoms with van der Waals surface area (Å²) in [5, 5.41) is 3.60. The molecule has 4 rings (SSSR count). The number of hydrogen-bond donors (Lipinski definition) is 3. The van der Waals surface area contributed by atoms with Crippen molar-refractivity contribution in [2.45, 2.75) is 18.7 Å². The van der Waals surface area contributed by atoms with Crippen LogP contribution >= 0.6 is 0 Å². The number of anilines is 2. The van der Waals surface area contributed by atoms with E-state index >= 15 is 0 Å². The fourth-order valence-electron chi connectivity index (χ4n) is 3.34. The lowest BCUT2D eigenvalue weighted by molar-refractivity contribution is 0.102. The third-order valence-corrected chi connectivity index (χ3v) is 6.36. The maximum atomic E-state index is 12.9. The van der Waals surface area contributed by atoms with E-state index < -0.39 is 10.0 Å². The summed E-state index contributed by atoms with van der Waals surface area (Å²) < 4.78 is 28.5. The molecule has 0 saturated carbocycles. The Kier molecular flexibility index (Phi) is 5.05. The van der Waals surface area contributed by atoms with Crippen LogP contribution in [0.4, 0.5) is 11.4 Å². The number of carbonyl (C=O) groups excluding carboxylic acids is 1. The minimum absolute atomic E-state index is 0.112. The van der Waals surface area contributed by atoms with E-state index in [0.717, 1.165) is 16.5 Å². The highest BCUT2D eigenvalue weighted by Gasteiger charge is 2.19. The summed E-state index contributed by atoms with van der Waals surface area (Å²) in [5.41, 5.74) is 3.78. The average molecular weight is 420 g/mol. The molecule has 1 heterocycles. The van der Waals surface area contributed by atoms with Crippen LogP contribution in [-0.4, -0.2) is 19.3 Å². The maximum absolute atomic E-state index is 12.9. The normalized spacial score (nSPS) is 11.4. The van der Waals surface area contributed by atoms with Gasteiger partial charge in [-0.05, 0) is 55.3 Å². The second kappa shape index (κ2) is 7.68. The van der Waals surface area contributed by atoms with E-state index in [2.05, 4.69) is 15.0 Å². The van der Waals surface area contributed by atoms with Crippen molar-refractivity contribution < 1.29 is 13.2 Å². The highest BCUT2D eigenvalue weighted by Crippen LogP contribution is 2.25. The molecule has 0 atom stereocenters. The first kappa shape index (κ1) is 19.7. The molecule has 6 nitrogen and oxygen atoms in total. The molecule has 0 radical (unpaired) electrons. The number of sulfonamides is 1. The quantitative estimate of drug-likeness (QED) is 0.432. The van der Waals surface area contributed by atoms with Crippen LogP contribution in [0.2, 0.25) is 0 Å². The summed E-state index contributed by atoms with van der Waals surface area (Å²) in [4.78, 5) is 15.9. The van der Waals surface area contributed by atoms with Crippen LogP contribution in [0.1, 0.15) is 21.5 Å². The van der Waals surface area contributed by atoms with Gasteiger partial charge in [-0.25, -0.2) is 8.42 Å². The predicted octanol–water partition coefficient (Wildman–Crippen LogP) is 4.84. The van der Waals surface area contributed by atoms with E-state index in [-0.39, 0.29) is 10.8 Å². The van der Waals surface area contributed by atoms with Crippen molar-refractivity contribution in [3.8, 4) is 0 Å². The molecule has 0 aliphatic heterocycles. The fraction of sp³-hybridized carbons (Fsp3) is 0.0870. The van der Waals surface area contributed by atoms with Gasteiger partial charge in [-0.15, -0.1) is 0 Å². The number of aromatic nitrogens is 1. The number of H-pyrrole nitrogens is 1. The van der Waals surface area contributed by atoms with Crippen LogP contribution in [0.3, 0.4) is 0 Å². The van der Waals surface area contributed by atoms with Crippen LogP contribution in [0.25, 0.3) is 10.9 Å². The van der Waals surface area contributed by atoms with E-state index in [1.165, 1.54) is 6.07 Å². The summed E-state index contributed by atoms with van der Waals surface area (Å²) in [6.07, 6.45) is 1.64. The number of rotatable bonds is 5. The third kappa shape index (κ3) is 3.92. The van der Waals surface area contributed by atoms with Crippen molar-refractivity contribution in [1.29, 1.82) is 0 Å². The van der Waals surface area contributed by atoms with Gasteiger partial charge >= 0.3 is 0 Å². The maximum Gasteiger partial charge on any atom is 0.262 e. The first-order valence-electron chi connectivity index (χ1n) is 9.41. The Bertz CT molecular complexity index is 1360. The van der Waals surface area contributed by atoms with Gasteiger partial charge in [0.25, 0.3) is 15.9 Å². The van der Waals surface area contributed by atoms with Crippen molar-refractivity contribution in [2.24, 2.45) is 0 Å². The molecule has 3 aromatic carbocycles. The summed E-state index contributed by atoms with van der Waals surface area (Å²) in [5.74, 6) is -0.314. The molecule has 0 aliphatic rings. The van der Waals surface area contributed by atoms with Crippen molar-refractivity contribution in [3.63, 3.8) is 0 Å². The molecular formula is C23H21N3O3S. The zero-order chi connectivity index (χ0) is 21.3. The number of para-hydroxylation sites is 1. The smallest absolute Gasteiger partial charge is 0.262 e. The van der Waals surface area contributed by atoms with Crippen molar-refractivity contribution in [1.82, 2.24) is 4.98 Å². The molecule has 30 heavy (non-hydrogen) atoms. The molecule has 1 aromatic heterocycles. The predicted molar refractivity (Wildman–Crippen MR) is 119 cm³/mol. The van der Waals surface area contributed by atoms with E-state index in [0.29, 0.717) is 22.5 Å². The molecule has 0 spiro atoms. The van der Waals surface area contributed by atoms with Gasteiger partial charge in [0.05, 0.1) is 10.5 Å². The SMILES string of the molecule is Cc1cccc(NS(=O)(=O)c2cc(NC(=O)c3c[nH]c4ccccc34)ccc2C)c1. The summed E-state index contributed by atoms with van der Waals surface area (Å²) in [7, 11) is -3.81. The van der Waals surface area contributed by atoms with E-state index in [9.17, 15) is 13.2 Å². The minimum Gasteiger partial charge on any atom is -0.360 e. The molecule has 7 heteroatoms. The van der Waals surface area contributed by atoms with Gasteiger partial charge in [0.2, 0.25) is 0 Å². The number of nitrogens with one attached hydrogen (secondary N) is 3. The molecule has 152 valence electrons. The van der Waals surface area contributed by atoms with Crippen molar-refractivity contribution in [2.75, 3.05) is 10.0 Å². The third-order valence-electron chi connectivity index (χ3n) is 4.84. The lowest BCUT2D eigenvalue weighted by Crippen LogP contribution is -2.16. The lowest BCUT2D eigenvalue weighted by atomic mass is 10.1. The van der Waals surface area contributed by atoms with E-state index in [4.69, 9.17) is 0 Å². The largest absolute Gasteiger partial charge is 0.360 e. The number of benzene rings is 3. The summed E-state index contributed by atoms with van der Waals surface area (Å²) in [6.45, 7) is 3.61. The number of fused-ring (bicyclic) bond motifs is 1. The second-order valence-electron chi connectivity index (χ2n) is 7.16. The van der Waals surface area contributed by atoms with Gasteiger partial charge in [-0.2, -0.15) is 0 Å². The minimum atomic E-state index is -3.81. The number of hydrogen-bond acceptors (Lipinski definition) is 3. The lowest BCUT2D eigenvalue weighted by Gasteiger charge is -2.13. The molecule has 0 fully saturated rings. The second-order valence-corrected chi connectivity index (χ2v) is 8.81. The topological polar surface area (TPSA) is 91.1 Å². The van der Waals surface area contributed by atoms with Gasteiger partial charge in [0, 0.05) is 28.5 Å². The molecule has 3 N–H and O–H groups in total. The van der Waals surface area contributed by atoms with Gasteiger partial charge in [-0.3, -0.25) is 9.52 Å². The highest BCUT2D eigenvalue weighted by atomic mass is 32.2. The Morgan fingerprint density at radius 2 is 1.70 bits per heavy atom. The Morgan fingerprint density at radius 1 is 0.900 bits per heavy atom. The number of amides is 1. The molecule has 0 unspecified atom stereocenters. The van der Waals surface area contributed by atoms with Gasteiger partial charge in [0.15, 0.2) is 0 Å². The molecule has 1 amide bonds. The van der Waals surface area contributed by atoms with Gasteiger partial charge in [0.1, 0.15) is 0 Å². The molecular weight excluding hydrogens is 398 g/mol. The van der Waals surface area contributed by atoms with Gasteiger partial charge < -0.3 is 10.3 Å². The van der Waals surface area contributed by atoms with Crippen LogP contribution in [0, 0.1) is 13.8 Å². The number of aromatic amines is 1. The van der Waals surface area contributed by atoms with E-state index in [1.807, 2.05) is 37.3 Å². The molecule has 0 aliphatic carbocycles. The molecule has 0 saturated heterocycles. The van der Waals surface area contributed by atoms with Crippen LogP contribution in [0.5, 0.6) is 0 Å². The Hall–Kier alpha value is -3.58. The summed E-state index contributed by atoms with van der Waals surface area (Å²) >= 11 is 0. The zero-order valence-electron chi connectivity index (χ0n) is 16.6. The van der Waals surface area contributed by atoms with E-state index in [1.54, 1.807) is 43.5 Å². The first-order chi connectivity index (χ1) is 14.3. The van der Waals surface area contributed by atoms with Crippen molar-refractivity contribution >= 4 is 38.2 Å². The Morgan fingerprint density at radius 3 is 2.50 bits per heavy atom. The average Bonchev–Trinajstić information content (AvgIpc) is 3.13.